The third-order valence-corrected chi connectivity index (χ3v) is 3.43. The Morgan fingerprint density at radius 1 is 1.11 bits per heavy atom. The lowest BCUT2D eigenvalue weighted by atomic mass is 10.0. The van der Waals surface area contributed by atoms with Crippen molar-refractivity contribution in [2.24, 2.45) is 0 Å². The minimum Gasteiger partial charge on any atom is -0.356 e. The molecule has 4 heteroatoms. The zero-order chi connectivity index (χ0) is 13.4. The minimum atomic E-state index is -0.523. The summed E-state index contributed by atoms with van der Waals surface area (Å²) in [7, 11) is 0. The summed E-state index contributed by atoms with van der Waals surface area (Å²) in [6.07, 6.45) is -0.823. The Morgan fingerprint density at radius 2 is 1.79 bits per heavy atom. The molecule has 0 aromatic heterocycles. The lowest BCUT2D eigenvalue weighted by Crippen LogP contribution is -2.08. The van der Waals surface area contributed by atoms with Crippen LogP contribution in [0.25, 0.3) is 0 Å². The highest BCUT2D eigenvalue weighted by Gasteiger charge is 2.46. The molecule has 0 bridgehead atoms. The van der Waals surface area contributed by atoms with E-state index >= 15 is 0 Å². The Morgan fingerprint density at radius 3 is 2.47 bits per heavy atom. The summed E-state index contributed by atoms with van der Waals surface area (Å²) in [5, 5.41) is 0.585. The van der Waals surface area contributed by atoms with Crippen LogP contribution >= 0.6 is 11.6 Å². The average molecular weight is 277 g/mol. The Balaban J connectivity index is 1.78. The molecule has 3 rings (SSSR count). The molecule has 1 fully saturated rings. The van der Waals surface area contributed by atoms with E-state index in [1.54, 1.807) is 6.07 Å². The maximum absolute atomic E-state index is 12.8. The van der Waals surface area contributed by atoms with Gasteiger partial charge in [0.1, 0.15) is 11.9 Å². The van der Waals surface area contributed by atoms with Crippen LogP contribution in [-0.2, 0) is 4.74 Å². The monoisotopic (exact) mass is 276 g/mol. The lowest BCUT2D eigenvalue weighted by molar-refractivity contribution is 0.0953. The first-order valence-corrected chi connectivity index (χ1v) is 6.24. The molecule has 2 atom stereocenters. The second-order valence-electron chi connectivity index (χ2n) is 4.37. The topological polar surface area (TPSA) is 29.6 Å². The van der Waals surface area contributed by atoms with Crippen LogP contribution in [0.1, 0.15) is 22.0 Å². The number of hydrogen-bond donors (Lipinski definition) is 0. The van der Waals surface area contributed by atoms with Gasteiger partial charge in [-0.05, 0) is 30.3 Å². The van der Waals surface area contributed by atoms with Crippen molar-refractivity contribution in [1.29, 1.82) is 0 Å². The van der Waals surface area contributed by atoms with Crippen LogP contribution in [0.4, 0.5) is 4.39 Å². The van der Waals surface area contributed by atoms with E-state index in [1.807, 2.05) is 18.2 Å². The van der Waals surface area contributed by atoms with Gasteiger partial charge in [0.05, 0.1) is 0 Å². The number of hydrogen-bond acceptors (Lipinski definition) is 2. The third-order valence-electron chi connectivity index (χ3n) is 3.09. The number of carbonyl (C=O) groups is 1. The highest BCUT2D eigenvalue weighted by Crippen LogP contribution is 2.43. The van der Waals surface area contributed by atoms with Gasteiger partial charge in [-0.1, -0.05) is 29.8 Å². The smallest absolute Gasteiger partial charge is 0.194 e. The Bertz CT molecular complexity index is 624. The molecule has 0 N–H and O–H groups in total. The molecule has 96 valence electrons. The van der Waals surface area contributed by atoms with Gasteiger partial charge < -0.3 is 4.74 Å². The molecule has 1 heterocycles. The summed E-state index contributed by atoms with van der Waals surface area (Å²) < 4.78 is 18.2. The fourth-order valence-electron chi connectivity index (χ4n) is 2.03. The summed E-state index contributed by atoms with van der Waals surface area (Å²) in [4.78, 5) is 12.1. The summed E-state index contributed by atoms with van der Waals surface area (Å²) in [5.41, 5.74) is 1.26. The predicted molar refractivity (Wildman–Crippen MR) is 69.8 cm³/mol. The van der Waals surface area contributed by atoms with Crippen molar-refractivity contribution in [3.05, 3.63) is 70.5 Å². The van der Waals surface area contributed by atoms with Gasteiger partial charge in [0, 0.05) is 16.1 Å². The second-order valence-corrected chi connectivity index (χ2v) is 4.78. The lowest BCUT2D eigenvalue weighted by Gasteiger charge is -1.99. The molecular formula is C15H10ClFO2. The zero-order valence-electron chi connectivity index (χ0n) is 9.85. The summed E-state index contributed by atoms with van der Waals surface area (Å²) in [6.45, 7) is 0. The number of Topliss-reactive ketones (excluding diaryl/α,β-unsaturated/α-hetero) is 1. The molecule has 1 saturated heterocycles. The van der Waals surface area contributed by atoms with Crippen LogP contribution in [0.2, 0.25) is 5.02 Å². The summed E-state index contributed by atoms with van der Waals surface area (Å²) in [6, 6.07) is 12.7. The zero-order valence-corrected chi connectivity index (χ0v) is 10.6. The third kappa shape index (κ3) is 2.39. The van der Waals surface area contributed by atoms with Crippen molar-refractivity contribution in [2.75, 3.05) is 0 Å². The Hall–Kier alpha value is -1.71. The van der Waals surface area contributed by atoms with Crippen LogP contribution in [0.3, 0.4) is 0 Å². The van der Waals surface area contributed by atoms with Crippen LogP contribution in [-0.4, -0.2) is 11.9 Å². The van der Waals surface area contributed by atoms with E-state index in [1.165, 1.54) is 24.3 Å². The quantitative estimate of drug-likeness (QED) is 0.630. The van der Waals surface area contributed by atoms with Gasteiger partial charge in [-0.25, -0.2) is 4.39 Å². The average Bonchev–Trinajstić information content (AvgIpc) is 3.19. The summed E-state index contributed by atoms with van der Waals surface area (Å²) >= 11 is 6.06. The van der Waals surface area contributed by atoms with Crippen LogP contribution in [0.15, 0.2) is 48.5 Å². The van der Waals surface area contributed by atoms with E-state index in [-0.39, 0.29) is 17.7 Å². The number of ether oxygens (including phenoxy) is 1. The number of rotatable bonds is 3. The number of carbonyl (C=O) groups excluding carboxylic acids is 1. The molecule has 1 aliphatic heterocycles. The minimum absolute atomic E-state index is 0.148. The van der Waals surface area contributed by atoms with E-state index in [0.717, 1.165) is 5.56 Å². The van der Waals surface area contributed by atoms with E-state index in [0.29, 0.717) is 10.6 Å². The first kappa shape index (κ1) is 12.3. The number of ketones is 1. The second kappa shape index (κ2) is 4.76. The molecule has 0 aliphatic carbocycles. The van der Waals surface area contributed by atoms with Crippen molar-refractivity contribution in [2.45, 2.75) is 12.2 Å². The van der Waals surface area contributed by atoms with Crippen molar-refractivity contribution in [3.63, 3.8) is 0 Å². The van der Waals surface area contributed by atoms with E-state index in [2.05, 4.69) is 0 Å². The van der Waals surface area contributed by atoms with Gasteiger partial charge in [0.2, 0.25) is 0 Å². The molecular weight excluding hydrogens is 267 g/mol. The summed E-state index contributed by atoms with van der Waals surface area (Å²) in [5.74, 6) is -0.513. The maximum atomic E-state index is 12.8. The fourth-order valence-corrected chi connectivity index (χ4v) is 2.28. The first-order chi connectivity index (χ1) is 9.16. The number of benzene rings is 2. The van der Waals surface area contributed by atoms with Crippen molar-refractivity contribution in [3.8, 4) is 0 Å². The largest absolute Gasteiger partial charge is 0.356 e. The molecule has 0 radical (unpaired) electrons. The normalized spacial score (nSPS) is 21.2. The number of halogens is 2. The molecule has 0 amide bonds. The Kier molecular flexibility index (Phi) is 3.09. The molecule has 2 nitrogen and oxygen atoms in total. The fraction of sp³-hybridized carbons (Fsp3) is 0.133. The van der Waals surface area contributed by atoms with Gasteiger partial charge in [-0.3, -0.25) is 4.79 Å². The van der Waals surface area contributed by atoms with E-state index in [4.69, 9.17) is 16.3 Å². The van der Waals surface area contributed by atoms with E-state index in [9.17, 15) is 9.18 Å². The van der Waals surface area contributed by atoms with Crippen molar-refractivity contribution < 1.29 is 13.9 Å². The van der Waals surface area contributed by atoms with Gasteiger partial charge in [0.15, 0.2) is 11.9 Å². The van der Waals surface area contributed by atoms with Gasteiger partial charge >= 0.3 is 0 Å². The van der Waals surface area contributed by atoms with Gasteiger partial charge in [-0.2, -0.15) is 0 Å². The number of epoxide rings is 1. The maximum Gasteiger partial charge on any atom is 0.194 e. The molecule has 2 unspecified atom stereocenters. The van der Waals surface area contributed by atoms with Gasteiger partial charge in [-0.15, -0.1) is 0 Å². The molecule has 2 aromatic carbocycles. The van der Waals surface area contributed by atoms with Crippen LogP contribution in [0.5, 0.6) is 0 Å². The Labute approximate surface area is 114 Å². The van der Waals surface area contributed by atoms with Crippen molar-refractivity contribution in [1.82, 2.24) is 0 Å². The molecule has 19 heavy (non-hydrogen) atoms. The van der Waals surface area contributed by atoms with E-state index < -0.39 is 6.10 Å². The van der Waals surface area contributed by atoms with Gasteiger partial charge in [0.25, 0.3) is 0 Å². The highest BCUT2D eigenvalue weighted by atomic mass is 35.5. The first-order valence-electron chi connectivity index (χ1n) is 5.86. The highest BCUT2D eigenvalue weighted by molar-refractivity contribution is 6.31. The van der Waals surface area contributed by atoms with Crippen LogP contribution in [0, 0.1) is 5.82 Å². The van der Waals surface area contributed by atoms with Crippen LogP contribution < -0.4 is 0 Å². The molecule has 2 aromatic rings. The standard InChI is InChI=1S/C15H10ClFO2/c16-12-4-2-1-3-11(12)14-15(19-14)13(18)9-5-7-10(17)8-6-9/h1-8,14-15H. The van der Waals surface area contributed by atoms with Crippen molar-refractivity contribution >= 4 is 17.4 Å². The molecule has 1 aliphatic rings. The molecule has 0 spiro atoms. The predicted octanol–water partition coefficient (Wildman–Crippen LogP) is 3.80. The molecule has 0 saturated carbocycles. The SMILES string of the molecule is O=C(c1ccc(F)cc1)C1OC1c1ccccc1Cl.